The molecule has 0 heteroatoms. The standard InChI is InChI=1S/C10H12/c1-3-10-7-5-4-6-9(2)8-10/h5-8H,3H2,1-2H3. The second kappa shape index (κ2) is 3.24. The van der Waals surface area contributed by atoms with Crippen molar-refractivity contribution in [3.63, 3.8) is 0 Å². The molecule has 0 aromatic heterocycles. The normalized spacial score (nSPS) is 16.2. The lowest BCUT2D eigenvalue weighted by Crippen LogP contribution is -1.73. The van der Waals surface area contributed by atoms with Crippen LogP contribution < -0.4 is 0 Å². The molecule has 0 unspecified atom stereocenters. The maximum absolute atomic E-state index is 3.07. The van der Waals surface area contributed by atoms with Gasteiger partial charge in [0.15, 0.2) is 0 Å². The van der Waals surface area contributed by atoms with Crippen LogP contribution in [0.25, 0.3) is 0 Å². The summed E-state index contributed by atoms with van der Waals surface area (Å²) in [5, 5.41) is 0. The van der Waals surface area contributed by atoms with E-state index in [0.29, 0.717) is 0 Å². The quantitative estimate of drug-likeness (QED) is 0.481. The molecular formula is C10H12. The first-order valence-electron chi connectivity index (χ1n) is 3.63. The molecule has 52 valence electrons. The van der Waals surface area contributed by atoms with E-state index in [4.69, 9.17) is 0 Å². The van der Waals surface area contributed by atoms with Crippen molar-refractivity contribution in [2.75, 3.05) is 0 Å². The molecule has 0 heterocycles. The van der Waals surface area contributed by atoms with Crippen molar-refractivity contribution in [3.05, 3.63) is 41.2 Å². The number of rotatable bonds is 1. The molecule has 0 atom stereocenters. The highest BCUT2D eigenvalue weighted by Crippen LogP contribution is 2.09. The largest absolute Gasteiger partial charge is 0.121 e. The Bertz CT molecular complexity index is 230. The first kappa shape index (κ1) is 7.11. The summed E-state index contributed by atoms with van der Waals surface area (Å²) in [4.78, 5) is 0. The van der Waals surface area contributed by atoms with E-state index in [9.17, 15) is 0 Å². The van der Waals surface area contributed by atoms with Crippen molar-refractivity contribution in [1.29, 1.82) is 0 Å². The Morgan fingerprint density at radius 3 is 3.00 bits per heavy atom. The molecule has 0 saturated carbocycles. The summed E-state index contributed by atoms with van der Waals surface area (Å²) in [6.45, 7) is 4.25. The predicted molar refractivity (Wildman–Crippen MR) is 44.8 cm³/mol. The zero-order valence-electron chi connectivity index (χ0n) is 6.52. The van der Waals surface area contributed by atoms with Crippen LogP contribution in [0.1, 0.15) is 20.3 Å². The Balaban J connectivity index is 2.91. The molecule has 1 aliphatic carbocycles. The van der Waals surface area contributed by atoms with E-state index in [1.54, 1.807) is 0 Å². The van der Waals surface area contributed by atoms with Crippen molar-refractivity contribution in [1.82, 2.24) is 0 Å². The monoisotopic (exact) mass is 132 g/mol. The fourth-order valence-corrected chi connectivity index (χ4v) is 0.937. The third-order valence-electron chi connectivity index (χ3n) is 1.53. The SMILES string of the molecule is CCC1=CC=C=CC(C)=C1. The molecule has 0 spiro atoms. The minimum Gasteiger partial charge on any atom is -0.121 e. The van der Waals surface area contributed by atoms with Crippen molar-refractivity contribution >= 4 is 0 Å². The van der Waals surface area contributed by atoms with E-state index in [2.05, 4.69) is 31.7 Å². The van der Waals surface area contributed by atoms with E-state index < -0.39 is 0 Å². The first-order chi connectivity index (χ1) is 4.83. The zero-order chi connectivity index (χ0) is 7.40. The van der Waals surface area contributed by atoms with E-state index in [1.165, 1.54) is 11.1 Å². The molecule has 0 amide bonds. The van der Waals surface area contributed by atoms with Gasteiger partial charge in [0, 0.05) is 0 Å². The van der Waals surface area contributed by atoms with Crippen molar-refractivity contribution in [3.8, 4) is 0 Å². The molecule has 1 rings (SSSR count). The van der Waals surface area contributed by atoms with Gasteiger partial charge in [-0.25, -0.2) is 0 Å². The highest BCUT2D eigenvalue weighted by Gasteiger charge is 1.89. The lowest BCUT2D eigenvalue weighted by atomic mass is 10.1. The van der Waals surface area contributed by atoms with E-state index in [0.717, 1.165) is 6.42 Å². The molecule has 0 N–H and O–H groups in total. The van der Waals surface area contributed by atoms with Crippen LogP contribution in [0, 0.1) is 0 Å². The van der Waals surface area contributed by atoms with Crippen molar-refractivity contribution in [2.24, 2.45) is 0 Å². The molecule has 1 aliphatic rings. The van der Waals surface area contributed by atoms with Gasteiger partial charge >= 0.3 is 0 Å². The predicted octanol–water partition coefficient (Wildman–Crippen LogP) is 2.99. The first-order valence-corrected chi connectivity index (χ1v) is 3.63. The van der Waals surface area contributed by atoms with Crippen LogP contribution >= 0.6 is 0 Å². The third-order valence-corrected chi connectivity index (χ3v) is 1.53. The number of allylic oxidation sites excluding steroid dienone is 5. The van der Waals surface area contributed by atoms with Gasteiger partial charge in [0.25, 0.3) is 0 Å². The Kier molecular flexibility index (Phi) is 2.30. The van der Waals surface area contributed by atoms with Gasteiger partial charge in [-0.3, -0.25) is 0 Å². The molecule has 0 saturated heterocycles. The Hall–Kier alpha value is -1.00. The van der Waals surface area contributed by atoms with Crippen molar-refractivity contribution in [2.45, 2.75) is 20.3 Å². The lowest BCUT2D eigenvalue weighted by molar-refractivity contribution is 1.14. The molecule has 10 heavy (non-hydrogen) atoms. The van der Waals surface area contributed by atoms with Crippen LogP contribution in [-0.2, 0) is 0 Å². The second-order valence-corrected chi connectivity index (χ2v) is 2.46. The Labute approximate surface area is 62.3 Å². The molecule has 0 aliphatic heterocycles. The second-order valence-electron chi connectivity index (χ2n) is 2.46. The minimum atomic E-state index is 1.10. The lowest BCUT2D eigenvalue weighted by Gasteiger charge is -1.93. The molecule has 0 bridgehead atoms. The summed E-state index contributed by atoms with van der Waals surface area (Å²) < 4.78 is 0. The molecule has 0 aromatic rings. The maximum Gasteiger partial charge on any atom is -0.0170 e. The van der Waals surface area contributed by atoms with Gasteiger partial charge in [0.05, 0.1) is 0 Å². The Morgan fingerprint density at radius 1 is 1.50 bits per heavy atom. The van der Waals surface area contributed by atoms with Crippen LogP contribution in [0.4, 0.5) is 0 Å². The van der Waals surface area contributed by atoms with Crippen LogP contribution in [0.5, 0.6) is 0 Å². The fraction of sp³-hybridized carbons (Fsp3) is 0.300. The van der Waals surface area contributed by atoms with Gasteiger partial charge in [-0.1, -0.05) is 19.1 Å². The summed E-state index contributed by atoms with van der Waals surface area (Å²) in [5.41, 5.74) is 5.72. The summed E-state index contributed by atoms with van der Waals surface area (Å²) in [6.07, 6.45) is 9.36. The van der Waals surface area contributed by atoms with Crippen LogP contribution in [0.15, 0.2) is 41.2 Å². The summed E-state index contributed by atoms with van der Waals surface area (Å²) in [5.74, 6) is 0. The Morgan fingerprint density at radius 2 is 2.30 bits per heavy atom. The molecular weight excluding hydrogens is 120 g/mol. The highest BCUT2D eigenvalue weighted by atomic mass is 13.9. The molecule has 0 aromatic carbocycles. The topological polar surface area (TPSA) is 0 Å². The number of hydrogen-bond acceptors (Lipinski definition) is 0. The van der Waals surface area contributed by atoms with E-state index in [1.807, 2.05) is 12.2 Å². The highest BCUT2D eigenvalue weighted by molar-refractivity contribution is 5.33. The molecule has 0 fully saturated rings. The molecule has 0 nitrogen and oxygen atoms in total. The van der Waals surface area contributed by atoms with Gasteiger partial charge in [0.2, 0.25) is 0 Å². The van der Waals surface area contributed by atoms with Crippen molar-refractivity contribution < 1.29 is 0 Å². The minimum absolute atomic E-state index is 1.10. The van der Waals surface area contributed by atoms with Gasteiger partial charge in [-0.2, -0.15) is 0 Å². The van der Waals surface area contributed by atoms with Gasteiger partial charge in [-0.05, 0) is 36.6 Å². The number of hydrogen-bond donors (Lipinski definition) is 0. The smallest absolute Gasteiger partial charge is 0.0170 e. The average molecular weight is 132 g/mol. The van der Waals surface area contributed by atoms with Gasteiger partial charge in [0.1, 0.15) is 0 Å². The third kappa shape index (κ3) is 1.75. The summed E-state index contributed by atoms with van der Waals surface area (Å²) in [6, 6.07) is 0. The van der Waals surface area contributed by atoms with Crippen LogP contribution in [0.3, 0.4) is 0 Å². The van der Waals surface area contributed by atoms with Crippen LogP contribution in [-0.4, -0.2) is 0 Å². The zero-order valence-corrected chi connectivity index (χ0v) is 6.52. The average Bonchev–Trinajstić information content (AvgIpc) is 2.13. The molecule has 0 radical (unpaired) electrons. The fourth-order valence-electron chi connectivity index (χ4n) is 0.937. The van der Waals surface area contributed by atoms with Gasteiger partial charge < -0.3 is 0 Å². The van der Waals surface area contributed by atoms with E-state index >= 15 is 0 Å². The van der Waals surface area contributed by atoms with E-state index in [-0.39, 0.29) is 0 Å². The van der Waals surface area contributed by atoms with Gasteiger partial charge in [-0.15, -0.1) is 5.73 Å². The van der Waals surface area contributed by atoms with Crippen LogP contribution in [0.2, 0.25) is 0 Å². The maximum atomic E-state index is 3.07. The summed E-state index contributed by atoms with van der Waals surface area (Å²) >= 11 is 0. The summed E-state index contributed by atoms with van der Waals surface area (Å²) in [7, 11) is 0.